The average Bonchev–Trinajstić information content (AvgIpc) is 3.33. The van der Waals surface area contributed by atoms with Crippen LogP contribution >= 0.6 is 0 Å². The van der Waals surface area contributed by atoms with Crippen LogP contribution in [0.15, 0.2) is 36.7 Å². The van der Waals surface area contributed by atoms with Crippen molar-refractivity contribution in [1.82, 2.24) is 24.6 Å². The first kappa shape index (κ1) is 16.8. The number of piperidine rings is 1. The molecule has 3 aromatic rings. The third kappa shape index (κ3) is 3.00. The normalized spacial score (nSPS) is 16.9. The zero-order chi connectivity index (χ0) is 18.1. The summed E-state index contributed by atoms with van der Waals surface area (Å²) in [6.07, 6.45) is 6.24. The predicted octanol–water partition coefficient (Wildman–Crippen LogP) is 3.43. The standard InChI is InChI=1S/C20H25N5O/c1-3-17(25-11-5-10-21-25)20(26)24-12-8-15(9-13-24)19-22-16-7-4-6-14(2)18(16)23-19/h4-7,10-11,15,17H,3,8-9,12-13H2,1-2H3,(H,22,23)/t17-/m0/s1. The average molecular weight is 351 g/mol. The van der Waals surface area contributed by atoms with Crippen LogP contribution in [0.3, 0.4) is 0 Å². The Labute approximate surface area is 153 Å². The Balaban J connectivity index is 1.45. The second-order valence-corrected chi connectivity index (χ2v) is 7.10. The van der Waals surface area contributed by atoms with E-state index in [9.17, 15) is 4.79 Å². The highest BCUT2D eigenvalue weighted by atomic mass is 16.2. The molecule has 0 bridgehead atoms. The van der Waals surface area contributed by atoms with Crippen molar-refractivity contribution in [1.29, 1.82) is 0 Å². The van der Waals surface area contributed by atoms with Crippen LogP contribution in [-0.4, -0.2) is 43.6 Å². The van der Waals surface area contributed by atoms with E-state index in [4.69, 9.17) is 4.98 Å². The fourth-order valence-electron chi connectivity index (χ4n) is 3.91. The van der Waals surface area contributed by atoms with Crippen LogP contribution < -0.4 is 0 Å². The molecule has 1 N–H and O–H groups in total. The monoisotopic (exact) mass is 351 g/mol. The van der Waals surface area contributed by atoms with Gasteiger partial charge in [-0.15, -0.1) is 0 Å². The van der Waals surface area contributed by atoms with Gasteiger partial charge in [-0.1, -0.05) is 19.1 Å². The summed E-state index contributed by atoms with van der Waals surface area (Å²) in [6, 6.07) is 7.89. The van der Waals surface area contributed by atoms with Crippen LogP contribution in [0.1, 0.15) is 49.5 Å². The first-order chi connectivity index (χ1) is 12.7. The van der Waals surface area contributed by atoms with Gasteiger partial charge in [0.25, 0.3) is 0 Å². The van der Waals surface area contributed by atoms with Crippen molar-refractivity contribution in [2.45, 2.75) is 45.1 Å². The zero-order valence-corrected chi connectivity index (χ0v) is 15.4. The molecule has 0 radical (unpaired) electrons. The molecule has 1 aliphatic heterocycles. The summed E-state index contributed by atoms with van der Waals surface area (Å²) < 4.78 is 1.77. The summed E-state index contributed by atoms with van der Waals surface area (Å²) in [7, 11) is 0. The minimum absolute atomic E-state index is 0.176. The number of hydrogen-bond acceptors (Lipinski definition) is 3. The van der Waals surface area contributed by atoms with Crippen LogP contribution in [0.4, 0.5) is 0 Å². The largest absolute Gasteiger partial charge is 0.342 e. The lowest BCUT2D eigenvalue weighted by molar-refractivity contribution is -0.136. The predicted molar refractivity (Wildman–Crippen MR) is 101 cm³/mol. The van der Waals surface area contributed by atoms with E-state index in [1.54, 1.807) is 10.9 Å². The van der Waals surface area contributed by atoms with Crippen LogP contribution in [0, 0.1) is 6.92 Å². The van der Waals surface area contributed by atoms with Crippen LogP contribution in [-0.2, 0) is 4.79 Å². The fraction of sp³-hybridized carbons (Fsp3) is 0.450. The van der Waals surface area contributed by atoms with E-state index in [1.807, 2.05) is 24.1 Å². The minimum atomic E-state index is -0.199. The number of carbonyl (C=O) groups is 1. The number of rotatable bonds is 4. The van der Waals surface area contributed by atoms with Crippen molar-refractivity contribution >= 4 is 16.9 Å². The summed E-state index contributed by atoms with van der Waals surface area (Å²) >= 11 is 0. The molecule has 2 aromatic heterocycles. The number of amides is 1. The Morgan fingerprint density at radius 3 is 2.77 bits per heavy atom. The number of likely N-dealkylation sites (tertiary alicyclic amines) is 1. The van der Waals surface area contributed by atoms with Gasteiger partial charge in [-0.25, -0.2) is 4.98 Å². The number of nitrogens with zero attached hydrogens (tertiary/aromatic N) is 4. The van der Waals surface area contributed by atoms with E-state index >= 15 is 0 Å². The molecule has 136 valence electrons. The minimum Gasteiger partial charge on any atom is -0.342 e. The van der Waals surface area contributed by atoms with Crippen molar-refractivity contribution in [2.24, 2.45) is 0 Å². The smallest absolute Gasteiger partial charge is 0.247 e. The molecule has 1 fully saturated rings. The zero-order valence-electron chi connectivity index (χ0n) is 15.4. The molecular formula is C20H25N5O. The molecule has 1 atom stereocenters. The lowest BCUT2D eigenvalue weighted by atomic mass is 9.95. The van der Waals surface area contributed by atoms with Gasteiger partial charge in [0.2, 0.25) is 5.91 Å². The molecule has 0 spiro atoms. The Morgan fingerprint density at radius 1 is 1.31 bits per heavy atom. The van der Waals surface area contributed by atoms with Gasteiger partial charge in [-0.2, -0.15) is 5.10 Å². The van der Waals surface area contributed by atoms with E-state index in [0.717, 1.165) is 49.2 Å². The summed E-state index contributed by atoms with van der Waals surface area (Å²) in [6.45, 7) is 5.68. The molecule has 6 nitrogen and oxygen atoms in total. The fourth-order valence-corrected chi connectivity index (χ4v) is 3.91. The highest BCUT2D eigenvalue weighted by molar-refractivity contribution is 5.80. The number of aryl methyl sites for hydroxylation is 1. The Bertz CT molecular complexity index is 890. The maximum atomic E-state index is 12.9. The SMILES string of the molecule is CC[C@@H](C(=O)N1CCC(c2nc3c(C)cccc3[nH]2)CC1)n1cccn1. The van der Waals surface area contributed by atoms with Gasteiger partial charge < -0.3 is 9.88 Å². The van der Waals surface area contributed by atoms with Crippen LogP contribution in [0.5, 0.6) is 0 Å². The molecular weight excluding hydrogens is 326 g/mol. The van der Waals surface area contributed by atoms with Gasteiger partial charge in [0.15, 0.2) is 0 Å². The van der Waals surface area contributed by atoms with Crippen LogP contribution in [0.25, 0.3) is 11.0 Å². The van der Waals surface area contributed by atoms with Crippen molar-refractivity contribution in [3.05, 3.63) is 48.0 Å². The van der Waals surface area contributed by atoms with E-state index < -0.39 is 0 Å². The molecule has 3 heterocycles. The molecule has 6 heteroatoms. The molecule has 26 heavy (non-hydrogen) atoms. The molecule has 0 aliphatic carbocycles. The van der Waals surface area contributed by atoms with E-state index in [0.29, 0.717) is 5.92 Å². The van der Waals surface area contributed by atoms with E-state index in [2.05, 4.69) is 35.2 Å². The lowest BCUT2D eigenvalue weighted by Crippen LogP contribution is -2.42. The van der Waals surface area contributed by atoms with E-state index in [-0.39, 0.29) is 11.9 Å². The van der Waals surface area contributed by atoms with Crippen molar-refractivity contribution in [3.63, 3.8) is 0 Å². The molecule has 1 aromatic carbocycles. The number of fused-ring (bicyclic) bond motifs is 1. The molecule has 4 rings (SSSR count). The molecule has 0 unspecified atom stereocenters. The number of hydrogen-bond donors (Lipinski definition) is 1. The molecule has 1 amide bonds. The quantitative estimate of drug-likeness (QED) is 0.783. The lowest BCUT2D eigenvalue weighted by Gasteiger charge is -2.33. The van der Waals surface area contributed by atoms with Gasteiger partial charge in [0, 0.05) is 31.4 Å². The first-order valence-electron chi connectivity index (χ1n) is 9.40. The van der Waals surface area contributed by atoms with Gasteiger partial charge in [0.1, 0.15) is 11.9 Å². The number of aromatic nitrogens is 4. The Hall–Kier alpha value is -2.63. The summed E-state index contributed by atoms with van der Waals surface area (Å²) in [5, 5.41) is 4.25. The number of aromatic amines is 1. The Morgan fingerprint density at radius 2 is 2.12 bits per heavy atom. The maximum Gasteiger partial charge on any atom is 0.247 e. The summed E-state index contributed by atoms with van der Waals surface area (Å²) in [5.41, 5.74) is 3.36. The highest BCUT2D eigenvalue weighted by Gasteiger charge is 2.30. The second kappa shape index (κ2) is 6.94. The molecule has 0 saturated carbocycles. The highest BCUT2D eigenvalue weighted by Crippen LogP contribution is 2.29. The van der Waals surface area contributed by atoms with E-state index in [1.165, 1.54) is 5.56 Å². The number of benzene rings is 1. The third-order valence-electron chi connectivity index (χ3n) is 5.44. The van der Waals surface area contributed by atoms with Crippen LogP contribution in [0.2, 0.25) is 0 Å². The van der Waals surface area contributed by atoms with Crippen molar-refractivity contribution in [3.8, 4) is 0 Å². The van der Waals surface area contributed by atoms with Crippen molar-refractivity contribution in [2.75, 3.05) is 13.1 Å². The maximum absolute atomic E-state index is 12.9. The van der Waals surface area contributed by atoms with Gasteiger partial charge in [-0.3, -0.25) is 9.48 Å². The third-order valence-corrected chi connectivity index (χ3v) is 5.44. The van der Waals surface area contributed by atoms with Gasteiger partial charge in [0.05, 0.1) is 11.0 Å². The second-order valence-electron chi connectivity index (χ2n) is 7.10. The number of imidazole rings is 1. The number of para-hydroxylation sites is 1. The van der Waals surface area contributed by atoms with Gasteiger partial charge in [-0.05, 0) is 43.9 Å². The summed E-state index contributed by atoms with van der Waals surface area (Å²) in [5.74, 6) is 1.62. The number of H-pyrrole nitrogens is 1. The number of carbonyl (C=O) groups excluding carboxylic acids is 1. The summed E-state index contributed by atoms with van der Waals surface area (Å²) in [4.78, 5) is 23.2. The van der Waals surface area contributed by atoms with Crippen molar-refractivity contribution < 1.29 is 4.79 Å². The Kier molecular flexibility index (Phi) is 4.49. The molecule has 1 aliphatic rings. The molecule has 1 saturated heterocycles. The number of nitrogens with one attached hydrogen (secondary N) is 1. The van der Waals surface area contributed by atoms with Gasteiger partial charge >= 0.3 is 0 Å². The first-order valence-corrected chi connectivity index (χ1v) is 9.40. The topological polar surface area (TPSA) is 66.8 Å².